The van der Waals surface area contributed by atoms with Crippen molar-refractivity contribution in [1.82, 2.24) is 4.98 Å². The Hall–Kier alpha value is -3.28. The van der Waals surface area contributed by atoms with Gasteiger partial charge in [-0.2, -0.15) is 5.10 Å². The molecule has 0 saturated carbocycles. The van der Waals surface area contributed by atoms with Gasteiger partial charge in [0.2, 0.25) is 0 Å². The number of nitro benzene ring substituents is 1. The summed E-state index contributed by atoms with van der Waals surface area (Å²) in [6, 6.07) is 17.8. The van der Waals surface area contributed by atoms with Gasteiger partial charge < -0.3 is 0 Å². The number of hydrazone groups is 1. The van der Waals surface area contributed by atoms with E-state index in [0.29, 0.717) is 11.4 Å². The molecule has 0 amide bonds. The fourth-order valence-corrected chi connectivity index (χ4v) is 2.02. The fraction of sp³-hybridized carbons (Fsp3) is 0. The van der Waals surface area contributed by atoms with Gasteiger partial charge >= 0.3 is 0 Å². The second-order valence-electron chi connectivity index (χ2n) is 4.61. The van der Waals surface area contributed by atoms with Crippen LogP contribution in [0.25, 0.3) is 10.9 Å². The zero-order valence-electron chi connectivity index (χ0n) is 11.5. The Labute approximate surface area is 126 Å². The Balaban J connectivity index is 1.75. The van der Waals surface area contributed by atoms with E-state index in [1.54, 1.807) is 12.1 Å². The van der Waals surface area contributed by atoms with Gasteiger partial charge in [-0.3, -0.25) is 15.5 Å². The summed E-state index contributed by atoms with van der Waals surface area (Å²) in [5.41, 5.74) is 4.37. The fourth-order valence-electron chi connectivity index (χ4n) is 2.02. The number of nitrogens with one attached hydrogen (secondary N) is 1. The average molecular weight is 292 g/mol. The summed E-state index contributed by atoms with van der Waals surface area (Å²) in [4.78, 5) is 14.7. The zero-order valence-corrected chi connectivity index (χ0v) is 11.5. The third-order valence-corrected chi connectivity index (χ3v) is 3.07. The third-order valence-electron chi connectivity index (χ3n) is 3.07. The van der Waals surface area contributed by atoms with Crippen LogP contribution in [0, 0.1) is 10.1 Å². The van der Waals surface area contributed by atoms with Gasteiger partial charge in [0.1, 0.15) is 5.82 Å². The van der Waals surface area contributed by atoms with E-state index >= 15 is 0 Å². The molecule has 3 rings (SSSR count). The molecule has 0 spiro atoms. The predicted molar refractivity (Wildman–Crippen MR) is 86.1 cm³/mol. The van der Waals surface area contributed by atoms with E-state index in [-0.39, 0.29) is 5.69 Å². The maximum Gasteiger partial charge on any atom is 0.270 e. The van der Waals surface area contributed by atoms with Crippen LogP contribution >= 0.6 is 0 Å². The molecule has 0 saturated heterocycles. The highest BCUT2D eigenvalue weighted by Gasteiger charge is 2.03. The highest BCUT2D eigenvalue weighted by Crippen LogP contribution is 2.15. The summed E-state index contributed by atoms with van der Waals surface area (Å²) in [6.45, 7) is 0. The first-order chi connectivity index (χ1) is 10.7. The number of fused-ring (bicyclic) bond motifs is 1. The molecule has 0 aliphatic carbocycles. The van der Waals surface area contributed by atoms with Gasteiger partial charge in [-0.15, -0.1) is 0 Å². The predicted octanol–water partition coefficient (Wildman–Crippen LogP) is 3.59. The molecule has 1 aromatic heterocycles. The van der Waals surface area contributed by atoms with Crippen LogP contribution in [0.1, 0.15) is 5.56 Å². The van der Waals surface area contributed by atoms with Gasteiger partial charge in [-0.1, -0.05) is 30.3 Å². The minimum absolute atomic E-state index is 0.0350. The first-order valence-electron chi connectivity index (χ1n) is 6.62. The van der Waals surface area contributed by atoms with Gasteiger partial charge in [0.15, 0.2) is 0 Å². The lowest BCUT2D eigenvalue weighted by Gasteiger charge is -2.01. The maximum atomic E-state index is 10.7. The number of aromatic nitrogens is 1. The number of nitro groups is 1. The second kappa shape index (κ2) is 6.01. The van der Waals surface area contributed by atoms with E-state index in [1.807, 2.05) is 36.4 Å². The SMILES string of the molecule is O=[N+]([O-])c1cccc(/C=N/Nc2ccc3ccccc3n2)c1. The number of hydrogen-bond donors (Lipinski definition) is 1. The van der Waals surface area contributed by atoms with Gasteiger partial charge in [-0.25, -0.2) is 4.98 Å². The van der Waals surface area contributed by atoms with E-state index < -0.39 is 4.92 Å². The lowest BCUT2D eigenvalue weighted by Crippen LogP contribution is -1.94. The molecule has 108 valence electrons. The quantitative estimate of drug-likeness (QED) is 0.452. The molecule has 0 unspecified atom stereocenters. The van der Waals surface area contributed by atoms with Crippen LogP contribution < -0.4 is 5.43 Å². The van der Waals surface area contributed by atoms with E-state index in [1.165, 1.54) is 18.3 Å². The Morgan fingerprint density at radius 2 is 1.95 bits per heavy atom. The number of non-ortho nitro benzene ring substituents is 1. The van der Waals surface area contributed by atoms with Crippen LogP contribution in [0.3, 0.4) is 0 Å². The molecule has 3 aromatic rings. The van der Waals surface area contributed by atoms with Crippen molar-refractivity contribution in [3.05, 3.63) is 76.3 Å². The summed E-state index contributed by atoms with van der Waals surface area (Å²) in [5, 5.41) is 15.8. The summed E-state index contributed by atoms with van der Waals surface area (Å²) >= 11 is 0. The van der Waals surface area contributed by atoms with E-state index in [9.17, 15) is 10.1 Å². The topological polar surface area (TPSA) is 80.4 Å². The number of benzene rings is 2. The molecule has 0 atom stereocenters. The number of anilines is 1. The third kappa shape index (κ3) is 3.06. The summed E-state index contributed by atoms with van der Waals surface area (Å²) in [5.74, 6) is 0.611. The van der Waals surface area contributed by atoms with Crippen molar-refractivity contribution in [2.24, 2.45) is 5.10 Å². The summed E-state index contributed by atoms with van der Waals surface area (Å²) < 4.78 is 0. The van der Waals surface area contributed by atoms with Crippen LogP contribution in [0.2, 0.25) is 0 Å². The molecule has 6 heteroatoms. The largest absolute Gasteiger partial charge is 0.270 e. The van der Waals surface area contributed by atoms with Crippen molar-refractivity contribution in [2.45, 2.75) is 0 Å². The molecule has 0 radical (unpaired) electrons. The Morgan fingerprint density at radius 3 is 2.82 bits per heavy atom. The van der Waals surface area contributed by atoms with E-state index in [4.69, 9.17) is 0 Å². The molecule has 0 aliphatic rings. The molecule has 1 heterocycles. The van der Waals surface area contributed by atoms with Gasteiger partial charge in [0, 0.05) is 23.1 Å². The van der Waals surface area contributed by atoms with Crippen molar-refractivity contribution in [3.8, 4) is 0 Å². The molecule has 0 bridgehead atoms. The number of rotatable bonds is 4. The van der Waals surface area contributed by atoms with Crippen LogP contribution in [-0.4, -0.2) is 16.1 Å². The second-order valence-corrected chi connectivity index (χ2v) is 4.61. The molecule has 1 N–H and O–H groups in total. The number of pyridine rings is 1. The lowest BCUT2D eigenvalue weighted by atomic mass is 10.2. The van der Waals surface area contributed by atoms with Crippen molar-refractivity contribution in [2.75, 3.05) is 5.43 Å². The zero-order chi connectivity index (χ0) is 15.4. The van der Waals surface area contributed by atoms with Crippen LogP contribution in [0.5, 0.6) is 0 Å². The normalized spacial score (nSPS) is 10.9. The minimum Gasteiger partial charge on any atom is -0.261 e. The first kappa shape index (κ1) is 13.7. The first-order valence-corrected chi connectivity index (χ1v) is 6.62. The Bertz CT molecular complexity index is 861. The van der Waals surface area contributed by atoms with Gasteiger partial charge in [0.25, 0.3) is 5.69 Å². The molecule has 6 nitrogen and oxygen atoms in total. The number of nitrogens with zero attached hydrogens (tertiary/aromatic N) is 3. The summed E-state index contributed by atoms with van der Waals surface area (Å²) in [6.07, 6.45) is 1.52. The highest BCUT2D eigenvalue weighted by molar-refractivity contribution is 5.82. The monoisotopic (exact) mass is 292 g/mol. The number of para-hydroxylation sites is 1. The molecule has 0 aliphatic heterocycles. The standard InChI is InChI=1S/C16H12N4O2/c21-20(22)14-6-3-4-12(10-14)11-17-19-16-9-8-13-5-1-2-7-15(13)18-16/h1-11H,(H,18,19)/b17-11+. The lowest BCUT2D eigenvalue weighted by molar-refractivity contribution is -0.384. The molecular formula is C16H12N4O2. The molecule has 22 heavy (non-hydrogen) atoms. The van der Waals surface area contributed by atoms with Crippen LogP contribution in [0.4, 0.5) is 11.5 Å². The summed E-state index contributed by atoms with van der Waals surface area (Å²) in [7, 11) is 0. The highest BCUT2D eigenvalue weighted by atomic mass is 16.6. The molecule has 0 fully saturated rings. The van der Waals surface area contributed by atoms with E-state index in [2.05, 4.69) is 15.5 Å². The minimum atomic E-state index is -0.435. The van der Waals surface area contributed by atoms with Crippen LogP contribution in [0.15, 0.2) is 65.8 Å². The van der Waals surface area contributed by atoms with E-state index in [0.717, 1.165) is 10.9 Å². The van der Waals surface area contributed by atoms with Crippen molar-refractivity contribution < 1.29 is 4.92 Å². The van der Waals surface area contributed by atoms with Crippen LogP contribution in [-0.2, 0) is 0 Å². The Morgan fingerprint density at radius 1 is 1.09 bits per heavy atom. The van der Waals surface area contributed by atoms with Gasteiger partial charge in [-0.05, 0) is 18.2 Å². The smallest absolute Gasteiger partial charge is 0.261 e. The number of hydrogen-bond acceptors (Lipinski definition) is 5. The molecule has 2 aromatic carbocycles. The van der Waals surface area contributed by atoms with Crippen molar-refractivity contribution in [1.29, 1.82) is 0 Å². The Kier molecular flexibility index (Phi) is 3.74. The van der Waals surface area contributed by atoms with Gasteiger partial charge in [0.05, 0.1) is 16.7 Å². The average Bonchev–Trinajstić information content (AvgIpc) is 2.55. The van der Waals surface area contributed by atoms with Crippen molar-refractivity contribution in [3.63, 3.8) is 0 Å². The van der Waals surface area contributed by atoms with Crippen molar-refractivity contribution >= 4 is 28.6 Å². The molecular weight excluding hydrogens is 280 g/mol. The maximum absolute atomic E-state index is 10.7.